The number of benzene rings is 2. The van der Waals surface area contributed by atoms with Gasteiger partial charge in [0, 0.05) is 16.9 Å². The van der Waals surface area contributed by atoms with Crippen LogP contribution >= 0.6 is 0 Å². The highest BCUT2D eigenvalue weighted by molar-refractivity contribution is 5.94. The molecule has 0 bridgehead atoms. The van der Waals surface area contributed by atoms with Crippen molar-refractivity contribution in [2.24, 2.45) is 0 Å². The minimum absolute atomic E-state index is 0.130. The largest absolute Gasteiger partial charge is 0.497 e. The van der Waals surface area contributed by atoms with Crippen LogP contribution in [0, 0.1) is 0 Å². The van der Waals surface area contributed by atoms with Crippen LogP contribution in [-0.2, 0) is 19.4 Å². The standard InChI is InChI=1S/C22H23N3O2/c1-27-18-11-7-8-16(14-18)22(26)23-15-21-24-19-12-5-6-13-20(19)25(21)17-9-3-2-4-10-17/h2-4,7-11,14H,5-6,12-13,15H2,1H3,(H,23,26). The molecule has 1 aliphatic carbocycles. The number of aryl methyl sites for hydroxylation is 1. The lowest BCUT2D eigenvalue weighted by atomic mass is 10.0. The molecule has 1 amide bonds. The molecule has 5 nitrogen and oxygen atoms in total. The number of para-hydroxylation sites is 1. The number of fused-ring (bicyclic) bond motifs is 1. The summed E-state index contributed by atoms with van der Waals surface area (Å²) in [5, 5.41) is 3.01. The minimum Gasteiger partial charge on any atom is -0.497 e. The molecule has 1 heterocycles. The summed E-state index contributed by atoms with van der Waals surface area (Å²) in [5.41, 5.74) is 4.12. The zero-order chi connectivity index (χ0) is 18.6. The number of amides is 1. The Balaban J connectivity index is 1.60. The van der Waals surface area contributed by atoms with Crippen molar-refractivity contribution < 1.29 is 9.53 Å². The molecule has 0 atom stereocenters. The number of hydrogen-bond donors (Lipinski definition) is 1. The SMILES string of the molecule is COc1cccc(C(=O)NCc2nc3c(n2-c2ccccc2)CCCC3)c1. The van der Waals surface area contributed by atoms with Gasteiger partial charge < -0.3 is 10.1 Å². The number of ether oxygens (including phenoxy) is 1. The lowest BCUT2D eigenvalue weighted by Crippen LogP contribution is -2.24. The van der Waals surface area contributed by atoms with E-state index in [4.69, 9.17) is 9.72 Å². The topological polar surface area (TPSA) is 56.1 Å². The summed E-state index contributed by atoms with van der Waals surface area (Å²) in [6, 6.07) is 17.4. The maximum Gasteiger partial charge on any atom is 0.251 e. The van der Waals surface area contributed by atoms with Gasteiger partial charge in [0.05, 0.1) is 19.3 Å². The van der Waals surface area contributed by atoms with Gasteiger partial charge >= 0.3 is 0 Å². The summed E-state index contributed by atoms with van der Waals surface area (Å²) in [5.74, 6) is 1.42. The summed E-state index contributed by atoms with van der Waals surface area (Å²) in [7, 11) is 1.60. The second-order valence-corrected chi connectivity index (χ2v) is 6.71. The summed E-state index contributed by atoms with van der Waals surface area (Å²) < 4.78 is 7.41. The van der Waals surface area contributed by atoms with Gasteiger partial charge in [0.25, 0.3) is 5.91 Å². The Bertz CT molecular complexity index is 947. The van der Waals surface area contributed by atoms with E-state index in [2.05, 4.69) is 22.0 Å². The number of imidazole rings is 1. The second kappa shape index (κ2) is 7.66. The Morgan fingerprint density at radius 2 is 1.93 bits per heavy atom. The van der Waals surface area contributed by atoms with Crippen molar-refractivity contribution in [3.8, 4) is 11.4 Å². The van der Waals surface area contributed by atoms with Crippen LogP contribution < -0.4 is 10.1 Å². The smallest absolute Gasteiger partial charge is 0.251 e. The van der Waals surface area contributed by atoms with E-state index in [-0.39, 0.29) is 5.91 Å². The Kier molecular flexibility index (Phi) is 4.92. The van der Waals surface area contributed by atoms with E-state index in [1.807, 2.05) is 30.3 Å². The normalized spacial score (nSPS) is 13.1. The highest BCUT2D eigenvalue weighted by atomic mass is 16.5. The van der Waals surface area contributed by atoms with Gasteiger partial charge in [-0.05, 0) is 56.0 Å². The Labute approximate surface area is 159 Å². The lowest BCUT2D eigenvalue weighted by Gasteiger charge is -2.15. The molecule has 0 spiro atoms. The summed E-state index contributed by atoms with van der Waals surface area (Å²) in [6.45, 7) is 0.387. The van der Waals surface area contributed by atoms with Gasteiger partial charge in [0.2, 0.25) is 0 Å². The van der Waals surface area contributed by atoms with Crippen LogP contribution in [0.25, 0.3) is 5.69 Å². The van der Waals surface area contributed by atoms with Crippen LogP contribution in [0.5, 0.6) is 5.75 Å². The van der Waals surface area contributed by atoms with Crippen molar-refractivity contribution in [3.05, 3.63) is 77.4 Å². The molecular formula is C22H23N3O2. The first-order valence-corrected chi connectivity index (χ1v) is 9.33. The highest BCUT2D eigenvalue weighted by Crippen LogP contribution is 2.26. The molecule has 3 aromatic rings. The third-order valence-corrected chi connectivity index (χ3v) is 4.96. The van der Waals surface area contributed by atoms with Gasteiger partial charge in [-0.2, -0.15) is 0 Å². The summed E-state index contributed by atoms with van der Waals surface area (Å²) in [6.07, 6.45) is 4.39. The quantitative estimate of drug-likeness (QED) is 0.754. The van der Waals surface area contributed by atoms with E-state index in [9.17, 15) is 4.79 Å². The van der Waals surface area contributed by atoms with Gasteiger partial charge in [0.15, 0.2) is 0 Å². The molecule has 0 fully saturated rings. The van der Waals surface area contributed by atoms with Crippen LogP contribution in [0.3, 0.4) is 0 Å². The average Bonchev–Trinajstić information content (AvgIpc) is 3.11. The number of hydrogen-bond acceptors (Lipinski definition) is 3. The number of aromatic nitrogens is 2. The molecule has 0 unspecified atom stereocenters. The first-order chi connectivity index (χ1) is 13.3. The maximum atomic E-state index is 12.6. The Morgan fingerprint density at radius 1 is 1.11 bits per heavy atom. The molecule has 0 aliphatic heterocycles. The van der Waals surface area contributed by atoms with E-state index >= 15 is 0 Å². The number of carbonyl (C=O) groups is 1. The summed E-state index contributed by atoms with van der Waals surface area (Å²) >= 11 is 0. The van der Waals surface area contributed by atoms with E-state index in [1.54, 1.807) is 19.2 Å². The van der Waals surface area contributed by atoms with E-state index in [0.717, 1.165) is 30.0 Å². The predicted molar refractivity (Wildman–Crippen MR) is 104 cm³/mol. The molecule has 1 N–H and O–H groups in total. The van der Waals surface area contributed by atoms with Crippen molar-refractivity contribution in [2.45, 2.75) is 32.2 Å². The van der Waals surface area contributed by atoms with Crippen LogP contribution in [0.2, 0.25) is 0 Å². The Hall–Kier alpha value is -3.08. The zero-order valence-electron chi connectivity index (χ0n) is 15.4. The fourth-order valence-corrected chi connectivity index (χ4v) is 3.62. The van der Waals surface area contributed by atoms with Crippen LogP contribution in [-0.4, -0.2) is 22.6 Å². The summed E-state index contributed by atoms with van der Waals surface area (Å²) in [4.78, 5) is 17.4. The van der Waals surface area contributed by atoms with Crippen molar-refractivity contribution in [1.29, 1.82) is 0 Å². The molecule has 5 heteroatoms. The molecule has 2 aromatic carbocycles. The molecule has 0 saturated carbocycles. The van der Waals surface area contributed by atoms with Gasteiger partial charge in [-0.15, -0.1) is 0 Å². The van der Waals surface area contributed by atoms with E-state index in [0.29, 0.717) is 17.9 Å². The number of methoxy groups -OCH3 is 1. The van der Waals surface area contributed by atoms with Gasteiger partial charge in [0.1, 0.15) is 11.6 Å². The fraction of sp³-hybridized carbons (Fsp3) is 0.273. The first kappa shape index (κ1) is 17.3. The number of carbonyl (C=O) groups excluding carboxylic acids is 1. The molecular weight excluding hydrogens is 338 g/mol. The molecule has 1 aliphatic rings. The zero-order valence-corrected chi connectivity index (χ0v) is 15.4. The van der Waals surface area contributed by atoms with Gasteiger partial charge in [-0.25, -0.2) is 4.98 Å². The minimum atomic E-state index is -0.130. The number of rotatable bonds is 5. The van der Waals surface area contributed by atoms with Gasteiger partial charge in [-0.3, -0.25) is 9.36 Å². The predicted octanol–water partition coefficient (Wildman–Crippen LogP) is 3.69. The average molecular weight is 361 g/mol. The Morgan fingerprint density at radius 3 is 2.74 bits per heavy atom. The first-order valence-electron chi connectivity index (χ1n) is 9.33. The number of nitrogens with zero attached hydrogens (tertiary/aromatic N) is 2. The van der Waals surface area contributed by atoms with Crippen LogP contribution in [0.1, 0.15) is 40.4 Å². The molecule has 1 aromatic heterocycles. The second-order valence-electron chi connectivity index (χ2n) is 6.71. The van der Waals surface area contributed by atoms with E-state index in [1.165, 1.54) is 18.5 Å². The molecule has 0 radical (unpaired) electrons. The van der Waals surface area contributed by atoms with Crippen molar-refractivity contribution in [2.75, 3.05) is 7.11 Å². The maximum absolute atomic E-state index is 12.6. The van der Waals surface area contributed by atoms with E-state index < -0.39 is 0 Å². The van der Waals surface area contributed by atoms with Crippen molar-refractivity contribution >= 4 is 5.91 Å². The monoisotopic (exact) mass is 361 g/mol. The third-order valence-electron chi connectivity index (χ3n) is 4.96. The molecule has 138 valence electrons. The fourth-order valence-electron chi connectivity index (χ4n) is 3.62. The van der Waals surface area contributed by atoms with Gasteiger partial charge in [-0.1, -0.05) is 24.3 Å². The van der Waals surface area contributed by atoms with Crippen LogP contribution in [0.15, 0.2) is 54.6 Å². The molecule has 0 saturated heterocycles. The van der Waals surface area contributed by atoms with Crippen molar-refractivity contribution in [3.63, 3.8) is 0 Å². The van der Waals surface area contributed by atoms with Crippen molar-refractivity contribution in [1.82, 2.24) is 14.9 Å². The third kappa shape index (κ3) is 3.58. The lowest BCUT2D eigenvalue weighted by molar-refractivity contribution is 0.0949. The van der Waals surface area contributed by atoms with Crippen LogP contribution in [0.4, 0.5) is 0 Å². The highest BCUT2D eigenvalue weighted by Gasteiger charge is 2.21. The molecule has 27 heavy (non-hydrogen) atoms. The molecule has 4 rings (SSSR count). The number of nitrogens with one attached hydrogen (secondary N) is 1.